The Balaban J connectivity index is 1.09. The zero-order valence-corrected chi connectivity index (χ0v) is 19.7. The van der Waals surface area contributed by atoms with Crippen LogP contribution in [0.4, 0.5) is 5.00 Å². The molecule has 1 aromatic heterocycles. The third-order valence-corrected chi connectivity index (χ3v) is 6.68. The molecule has 2 aromatic carbocycles. The van der Waals surface area contributed by atoms with Gasteiger partial charge in [-0.05, 0) is 68.1 Å². The first kappa shape index (κ1) is 22.6. The number of hydrogen-bond donors (Lipinski definition) is 0. The zero-order chi connectivity index (χ0) is 22.0. The van der Waals surface area contributed by atoms with Gasteiger partial charge in [0.05, 0.1) is 24.9 Å². The van der Waals surface area contributed by atoms with Crippen LogP contribution < -0.4 is 14.4 Å². The molecule has 0 amide bonds. The van der Waals surface area contributed by atoms with Crippen LogP contribution in [0.2, 0.25) is 0 Å². The zero-order valence-electron chi connectivity index (χ0n) is 18.9. The number of hydrogen-bond acceptors (Lipinski definition) is 6. The normalized spacial score (nSPS) is 14.5. The lowest BCUT2D eigenvalue weighted by atomic mass is 10.1. The van der Waals surface area contributed by atoms with Gasteiger partial charge in [0.15, 0.2) is 0 Å². The van der Waals surface area contributed by atoms with Gasteiger partial charge in [0.25, 0.3) is 0 Å². The Hall–Kier alpha value is -2.57. The SMILES string of the molecule is CCOc1ccc(-c2ccc(OCCCCCN3CCN(c4cncs4)CC3)cc2)cc1. The molecule has 1 aliphatic rings. The Morgan fingerprint density at radius 3 is 2.06 bits per heavy atom. The van der Waals surface area contributed by atoms with Gasteiger partial charge in [-0.25, -0.2) is 0 Å². The van der Waals surface area contributed by atoms with Gasteiger partial charge in [0.2, 0.25) is 0 Å². The first-order chi connectivity index (χ1) is 15.8. The summed E-state index contributed by atoms with van der Waals surface area (Å²) in [5, 5.41) is 1.30. The first-order valence-electron chi connectivity index (χ1n) is 11.6. The van der Waals surface area contributed by atoms with Gasteiger partial charge in [-0.3, -0.25) is 9.88 Å². The minimum absolute atomic E-state index is 0.691. The largest absolute Gasteiger partial charge is 0.494 e. The lowest BCUT2D eigenvalue weighted by Crippen LogP contribution is -2.46. The van der Waals surface area contributed by atoms with Crippen LogP contribution in [0.1, 0.15) is 26.2 Å². The first-order valence-corrected chi connectivity index (χ1v) is 12.5. The molecule has 170 valence electrons. The fourth-order valence-corrected chi connectivity index (χ4v) is 4.70. The smallest absolute Gasteiger partial charge is 0.119 e. The van der Waals surface area contributed by atoms with Crippen molar-refractivity contribution in [3.8, 4) is 22.6 Å². The van der Waals surface area contributed by atoms with Crippen LogP contribution in [-0.4, -0.2) is 55.8 Å². The van der Waals surface area contributed by atoms with Gasteiger partial charge in [-0.1, -0.05) is 24.3 Å². The molecule has 3 aromatic rings. The van der Waals surface area contributed by atoms with Crippen LogP contribution in [0, 0.1) is 0 Å². The standard InChI is InChI=1S/C26H33N3O2S/c1-2-30-24-10-6-22(7-11-24)23-8-12-25(13-9-23)31-19-5-3-4-14-28-15-17-29(18-16-28)26-20-27-21-32-26/h6-13,20-21H,2-5,14-19H2,1H3. The van der Waals surface area contributed by atoms with E-state index in [1.807, 2.05) is 30.8 Å². The van der Waals surface area contributed by atoms with Crippen LogP contribution in [0.25, 0.3) is 11.1 Å². The molecule has 0 radical (unpaired) electrons. The van der Waals surface area contributed by atoms with Gasteiger partial charge in [0, 0.05) is 26.2 Å². The van der Waals surface area contributed by atoms with Crippen LogP contribution in [0.15, 0.2) is 60.2 Å². The molecule has 32 heavy (non-hydrogen) atoms. The summed E-state index contributed by atoms with van der Waals surface area (Å²) in [4.78, 5) is 9.22. The number of piperazine rings is 1. The Bertz CT molecular complexity index is 905. The molecule has 0 saturated carbocycles. The Kier molecular flexibility index (Phi) is 8.40. The highest BCUT2D eigenvalue weighted by molar-refractivity contribution is 7.13. The maximum atomic E-state index is 5.95. The van der Waals surface area contributed by atoms with E-state index in [0.717, 1.165) is 50.7 Å². The highest BCUT2D eigenvalue weighted by Crippen LogP contribution is 2.25. The molecule has 2 heterocycles. The van der Waals surface area contributed by atoms with E-state index >= 15 is 0 Å². The maximum Gasteiger partial charge on any atom is 0.119 e. The van der Waals surface area contributed by atoms with Crippen LogP contribution in [0.3, 0.4) is 0 Å². The lowest BCUT2D eigenvalue weighted by molar-refractivity contribution is 0.246. The number of aromatic nitrogens is 1. The Morgan fingerprint density at radius 1 is 0.812 bits per heavy atom. The van der Waals surface area contributed by atoms with Crippen molar-refractivity contribution in [2.75, 3.05) is 50.8 Å². The minimum Gasteiger partial charge on any atom is -0.494 e. The Labute approximate surface area is 195 Å². The molecule has 1 saturated heterocycles. The van der Waals surface area contributed by atoms with E-state index in [2.05, 4.69) is 51.2 Å². The van der Waals surface area contributed by atoms with E-state index in [1.165, 1.54) is 35.5 Å². The number of benzene rings is 2. The summed E-state index contributed by atoms with van der Waals surface area (Å²) >= 11 is 1.74. The highest BCUT2D eigenvalue weighted by Gasteiger charge is 2.17. The van der Waals surface area contributed by atoms with Gasteiger partial charge >= 0.3 is 0 Å². The molecule has 1 fully saturated rings. The van der Waals surface area contributed by atoms with E-state index in [4.69, 9.17) is 9.47 Å². The monoisotopic (exact) mass is 451 g/mol. The van der Waals surface area contributed by atoms with Crippen LogP contribution >= 0.6 is 11.3 Å². The van der Waals surface area contributed by atoms with Crippen molar-refractivity contribution < 1.29 is 9.47 Å². The van der Waals surface area contributed by atoms with Gasteiger partial charge in [-0.2, -0.15) is 0 Å². The number of rotatable bonds is 11. The molecule has 5 nitrogen and oxygen atoms in total. The fraction of sp³-hybridized carbons (Fsp3) is 0.423. The average Bonchev–Trinajstić information content (AvgIpc) is 3.38. The second kappa shape index (κ2) is 11.9. The number of nitrogens with zero attached hydrogens (tertiary/aromatic N) is 3. The molecular formula is C26H33N3O2S. The molecule has 0 aliphatic carbocycles. The van der Waals surface area contributed by atoms with Crippen LogP contribution in [0.5, 0.6) is 11.5 Å². The summed E-state index contributed by atoms with van der Waals surface area (Å²) in [6, 6.07) is 16.6. The molecule has 0 atom stereocenters. The van der Waals surface area contributed by atoms with Crippen molar-refractivity contribution in [3.63, 3.8) is 0 Å². The Morgan fingerprint density at radius 2 is 1.47 bits per heavy atom. The second-order valence-corrected chi connectivity index (χ2v) is 8.92. The fourth-order valence-electron chi connectivity index (χ4n) is 4.02. The molecule has 0 unspecified atom stereocenters. The second-order valence-electron chi connectivity index (χ2n) is 8.06. The predicted octanol–water partition coefficient (Wildman–Crippen LogP) is 5.58. The van der Waals surface area contributed by atoms with Gasteiger partial charge < -0.3 is 14.4 Å². The summed E-state index contributed by atoms with van der Waals surface area (Å²) in [6.07, 6.45) is 5.52. The minimum atomic E-state index is 0.691. The number of unbranched alkanes of at least 4 members (excludes halogenated alkanes) is 2. The lowest BCUT2D eigenvalue weighted by Gasteiger charge is -2.35. The van der Waals surface area contributed by atoms with Crippen molar-refractivity contribution in [2.24, 2.45) is 0 Å². The number of anilines is 1. The molecule has 4 rings (SSSR count). The van der Waals surface area contributed by atoms with Crippen molar-refractivity contribution in [3.05, 3.63) is 60.2 Å². The van der Waals surface area contributed by atoms with Crippen molar-refractivity contribution >= 4 is 16.3 Å². The molecule has 6 heteroatoms. The molecule has 0 bridgehead atoms. The quantitative estimate of drug-likeness (QED) is 0.356. The average molecular weight is 452 g/mol. The maximum absolute atomic E-state index is 5.95. The highest BCUT2D eigenvalue weighted by atomic mass is 32.1. The third kappa shape index (κ3) is 6.47. The summed E-state index contributed by atoms with van der Waals surface area (Å²) in [6.45, 7) is 9.17. The van der Waals surface area contributed by atoms with Gasteiger partial charge in [0.1, 0.15) is 16.5 Å². The predicted molar refractivity (Wildman–Crippen MR) is 133 cm³/mol. The topological polar surface area (TPSA) is 37.8 Å². The molecular weight excluding hydrogens is 418 g/mol. The van der Waals surface area contributed by atoms with Crippen molar-refractivity contribution in [1.29, 1.82) is 0 Å². The van der Waals surface area contributed by atoms with E-state index in [9.17, 15) is 0 Å². The van der Waals surface area contributed by atoms with E-state index in [0.29, 0.717) is 6.61 Å². The molecule has 0 N–H and O–H groups in total. The summed E-state index contributed by atoms with van der Waals surface area (Å²) < 4.78 is 11.5. The van der Waals surface area contributed by atoms with Crippen LogP contribution in [-0.2, 0) is 0 Å². The van der Waals surface area contributed by atoms with Crippen molar-refractivity contribution in [1.82, 2.24) is 9.88 Å². The molecule has 0 spiro atoms. The van der Waals surface area contributed by atoms with E-state index in [1.54, 1.807) is 11.3 Å². The summed E-state index contributed by atoms with van der Waals surface area (Å²) in [5.74, 6) is 1.85. The third-order valence-electron chi connectivity index (χ3n) is 5.84. The van der Waals surface area contributed by atoms with Gasteiger partial charge in [-0.15, -0.1) is 11.3 Å². The van der Waals surface area contributed by atoms with E-state index < -0.39 is 0 Å². The van der Waals surface area contributed by atoms with E-state index in [-0.39, 0.29) is 0 Å². The summed E-state index contributed by atoms with van der Waals surface area (Å²) in [5.41, 5.74) is 4.30. The number of thiazole rings is 1. The molecule has 1 aliphatic heterocycles. The number of ether oxygens (including phenoxy) is 2. The van der Waals surface area contributed by atoms with Crippen molar-refractivity contribution in [2.45, 2.75) is 26.2 Å². The summed E-state index contributed by atoms with van der Waals surface area (Å²) in [7, 11) is 0.